The Labute approximate surface area is 102 Å². The third-order valence-electron chi connectivity index (χ3n) is 2.16. The Balaban J connectivity index is 2.79. The summed E-state index contributed by atoms with van der Waals surface area (Å²) in [7, 11) is 3.59. The number of thiocarbonyl (C=S) groups is 1. The minimum atomic E-state index is 0.334. The van der Waals surface area contributed by atoms with Crippen LogP contribution in [0.4, 0.5) is 5.69 Å². The Kier molecular flexibility index (Phi) is 4.55. The van der Waals surface area contributed by atoms with Crippen LogP contribution in [0.5, 0.6) is 5.75 Å². The Bertz CT molecular complexity index is 366. The second-order valence-electron chi connectivity index (χ2n) is 3.86. The predicted molar refractivity (Wildman–Crippen MR) is 72.3 cm³/mol. The van der Waals surface area contributed by atoms with Gasteiger partial charge in [0.05, 0.1) is 7.11 Å². The predicted octanol–water partition coefficient (Wildman–Crippen LogP) is 2.41. The largest absolute Gasteiger partial charge is 0.497 e. The monoisotopic (exact) mass is 238 g/mol. The maximum Gasteiger partial charge on any atom is 0.173 e. The van der Waals surface area contributed by atoms with Crippen LogP contribution in [0.25, 0.3) is 0 Å². The summed E-state index contributed by atoms with van der Waals surface area (Å²) in [5, 5.41) is 3.91. The van der Waals surface area contributed by atoms with Crippen molar-refractivity contribution in [1.29, 1.82) is 0 Å². The van der Waals surface area contributed by atoms with Gasteiger partial charge in [0.2, 0.25) is 0 Å². The summed E-state index contributed by atoms with van der Waals surface area (Å²) in [6.45, 7) is 4.12. The SMILES string of the molecule is COc1cccc(N(C)C(=S)NC(C)C)c1. The van der Waals surface area contributed by atoms with E-state index in [1.54, 1.807) is 7.11 Å². The van der Waals surface area contributed by atoms with Gasteiger partial charge < -0.3 is 15.0 Å². The molecule has 0 unspecified atom stereocenters. The zero-order valence-electron chi connectivity index (χ0n) is 10.2. The topological polar surface area (TPSA) is 24.5 Å². The molecule has 88 valence electrons. The molecule has 3 nitrogen and oxygen atoms in total. The zero-order chi connectivity index (χ0) is 12.1. The molecule has 1 N–H and O–H groups in total. The Morgan fingerprint density at radius 2 is 2.12 bits per heavy atom. The molecular weight excluding hydrogens is 220 g/mol. The van der Waals surface area contributed by atoms with Crippen LogP contribution in [0.3, 0.4) is 0 Å². The highest BCUT2D eigenvalue weighted by atomic mass is 32.1. The molecule has 0 aromatic heterocycles. The average molecular weight is 238 g/mol. The van der Waals surface area contributed by atoms with Crippen LogP contribution in [0.2, 0.25) is 0 Å². The van der Waals surface area contributed by atoms with Crippen LogP contribution in [0, 0.1) is 0 Å². The molecule has 0 saturated carbocycles. The highest BCUT2D eigenvalue weighted by Gasteiger charge is 2.08. The fourth-order valence-electron chi connectivity index (χ4n) is 1.28. The third kappa shape index (κ3) is 3.38. The molecule has 0 heterocycles. The van der Waals surface area contributed by atoms with Crippen molar-refractivity contribution in [3.63, 3.8) is 0 Å². The zero-order valence-corrected chi connectivity index (χ0v) is 11.0. The van der Waals surface area contributed by atoms with Gasteiger partial charge in [-0.25, -0.2) is 0 Å². The molecule has 4 heteroatoms. The molecule has 0 fully saturated rings. The lowest BCUT2D eigenvalue weighted by atomic mass is 10.3. The summed E-state index contributed by atoms with van der Waals surface area (Å²) < 4.78 is 5.18. The summed E-state index contributed by atoms with van der Waals surface area (Å²) in [5.74, 6) is 0.830. The summed E-state index contributed by atoms with van der Waals surface area (Å²) in [6, 6.07) is 8.14. The minimum Gasteiger partial charge on any atom is -0.497 e. The molecule has 1 aromatic rings. The highest BCUT2D eigenvalue weighted by Crippen LogP contribution is 2.19. The standard InChI is InChI=1S/C12H18N2OS/c1-9(2)13-12(16)14(3)10-6-5-7-11(8-10)15-4/h5-9H,1-4H3,(H,13,16). The van der Waals surface area contributed by atoms with E-state index in [2.05, 4.69) is 19.2 Å². The van der Waals surface area contributed by atoms with Gasteiger partial charge in [-0.1, -0.05) is 6.07 Å². The Morgan fingerprint density at radius 1 is 1.44 bits per heavy atom. The van der Waals surface area contributed by atoms with Gasteiger partial charge in [-0.05, 0) is 38.2 Å². The normalized spacial score (nSPS) is 10.1. The number of methoxy groups -OCH3 is 1. The first-order valence-electron chi connectivity index (χ1n) is 5.23. The fraction of sp³-hybridized carbons (Fsp3) is 0.417. The number of ether oxygens (including phenoxy) is 1. The van der Waals surface area contributed by atoms with Gasteiger partial charge in [0.25, 0.3) is 0 Å². The van der Waals surface area contributed by atoms with Gasteiger partial charge in [0, 0.05) is 24.8 Å². The molecule has 0 aliphatic heterocycles. The van der Waals surface area contributed by atoms with E-state index in [0.29, 0.717) is 11.2 Å². The van der Waals surface area contributed by atoms with E-state index >= 15 is 0 Å². The van der Waals surface area contributed by atoms with Gasteiger partial charge in [-0.2, -0.15) is 0 Å². The highest BCUT2D eigenvalue weighted by molar-refractivity contribution is 7.80. The molecule has 0 saturated heterocycles. The van der Waals surface area contributed by atoms with E-state index in [1.807, 2.05) is 36.2 Å². The molecule has 1 aromatic carbocycles. The number of anilines is 1. The molecule has 0 aliphatic carbocycles. The van der Waals surface area contributed by atoms with Gasteiger partial charge in [-0.15, -0.1) is 0 Å². The number of nitrogens with one attached hydrogen (secondary N) is 1. The average Bonchev–Trinajstić information content (AvgIpc) is 2.27. The quantitative estimate of drug-likeness (QED) is 0.817. The van der Waals surface area contributed by atoms with Crippen LogP contribution in [-0.2, 0) is 0 Å². The van der Waals surface area contributed by atoms with Crippen molar-refractivity contribution >= 4 is 23.0 Å². The maximum absolute atomic E-state index is 5.29. The molecule has 0 atom stereocenters. The van der Waals surface area contributed by atoms with E-state index in [0.717, 1.165) is 11.4 Å². The van der Waals surface area contributed by atoms with Gasteiger partial charge in [0.15, 0.2) is 5.11 Å². The molecular formula is C12H18N2OS. The third-order valence-corrected chi connectivity index (χ3v) is 2.55. The molecule has 0 amide bonds. The summed E-state index contributed by atoms with van der Waals surface area (Å²) in [5.41, 5.74) is 1.01. The summed E-state index contributed by atoms with van der Waals surface area (Å²) in [6.07, 6.45) is 0. The van der Waals surface area contributed by atoms with Crippen molar-refractivity contribution in [2.75, 3.05) is 19.1 Å². The first-order chi connectivity index (χ1) is 7.54. The summed E-state index contributed by atoms with van der Waals surface area (Å²) >= 11 is 5.29. The van der Waals surface area contributed by atoms with Crippen molar-refractivity contribution in [2.24, 2.45) is 0 Å². The van der Waals surface area contributed by atoms with E-state index in [-0.39, 0.29) is 0 Å². The molecule has 16 heavy (non-hydrogen) atoms. The van der Waals surface area contributed by atoms with Crippen molar-refractivity contribution in [2.45, 2.75) is 19.9 Å². The molecule has 0 spiro atoms. The lowest BCUT2D eigenvalue weighted by Gasteiger charge is -2.23. The molecule has 0 radical (unpaired) electrons. The summed E-state index contributed by atoms with van der Waals surface area (Å²) in [4.78, 5) is 1.93. The Hall–Kier alpha value is -1.29. The smallest absolute Gasteiger partial charge is 0.173 e. The number of rotatable bonds is 3. The van der Waals surface area contributed by atoms with Crippen molar-refractivity contribution in [3.05, 3.63) is 24.3 Å². The van der Waals surface area contributed by atoms with Crippen molar-refractivity contribution in [1.82, 2.24) is 5.32 Å². The van der Waals surface area contributed by atoms with Crippen LogP contribution < -0.4 is 15.0 Å². The number of hydrogen-bond acceptors (Lipinski definition) is 2. The van der Waals surface area contributed by atoms with Crippen molar-refractivity contribution < 1.29 is 4.74 Å². The molecule has 1 rings (SSSR count). The Morgan fingerprint density at radius 3 is 2.69 bits per heavy atom. The first kappa shape index (κ1) is 12.8. The van der Waals surface area contributed by atoms with Crippen LogP contribution in [-0.4, -0.2) is 25.3 Å². The molecule has 0 bridgehead atoms. The minimum absolute atomic E-state index is 0.334. The van der Waals surface area contributed by atoms with E-state index in [1.165, 1.54) is 0 Å². The number of benzene rings is 1. The van der Waals surface area contributed by atoms with E-state index < -0.39 is 0 Å². The second kappa shape index (κ2) is 5.70. The van der Waals surface area contributed by atoms with Crippen LogP contribution in [0.1, 0.15) is 13.8 Å². The van der Waals surface area contributed by atoms with Gasteiger partial charge in [0.1, 0.15) is 5.75 Å². The van der Waals surface area contributed by atoms with Crippen LogP contribution in [0.15, 0.2) is 24.3 Å². The fourth-order valence-corrected chi connectivity index (χ4v) is 1.62. The lowest BCUT2D eigenvalue weighted by molar-refractivity contribution is 0.415. The van der Waals surface area contributed by atoms with Crippen LogP contribution >= 0.6 is 12.2 Å². The van der Waals surface area contributed by atoms with Crippen molar-refractivity contribution in [3.8, 4) is 5.75 Å². The second-order valence-corrected chi connectivity index (χ2v) is 4.25. The number of nitrogens with zero attached hydrogens (tertiary/aromatic N) is 1. The first-order valence-corrected chi connectivity index (χ1v) is 5.63. The van der Waals surface area contributed by atoms with E-state index in [9.17, 15) is 0 Å². The maximum atomic E-state index is 5.29. The van der Waals surface area contributed by atoms with E-state index in [4.69, 9.17) is 17.0 Å². The van der Waals surface area contributed by atoms with Gasteiger partial charge in [-0.3, -0.25) is 0 Å². The van der Waals surface area contributed by atoms with Gasteiger partial charge >= 0.3 is 0 Å². The molecule has 0 aliphatic rings. The lowest BCUT2D eigenvalue weighted by Crippen LogP contribution is -2.40. The number of hydrogen-bond donors (Lipinski definition) is 1.